The Bertz CT molecular complexity index is 534. The van der Waals surface area contributed by atoms with Gasteiger partial charge in [-0.25, -0.2) is 4.39 Å². The van der Waals surface area contributed by atoms with Gasteiger partial charge < -0.3 is 9.73 Å². The molecule has 4 heteroatoms. The third kappa shape index (κ3) is 2.72. The molecule has 0 aliphatic heterocycles. The number of benzene rings is 1. The van der Waals surface area contributed by atoms with E-state index in [4.69, 9.17) is 4.42 Å². The first-order chi connectivity index (χ1) is 8.16. The van der Waals surface area contributed by atoms with E-state index in [0.29, 0.717) is 5.56 Å². The lowest BCUT2D eigenvalue weighted by atomic mass is 10.2. The standard InChI is InChI=1S/C13H12FNO2/c1-9-6-12(17-8-9)13(16)15-7-10-4-2-3-5-11(10)14/h2-6,8H,7H2,1H3,(H,15,16). The van der Waals surface area contributed by atoms with E-state index in [0.717, 1.165) is 5.56 Å². The Labute approximate surface area is 98.3 Å². The summed E-state index contributed by atoms with van der Waals surface area (Å²) in [6, 6.07) is 7.95. The van der Waals surface area contributed by atoms with Crippen LogP contribution >= 0.6 is 0 Å². The summed E-state index contributed by atoms with van der Waals surface area (Å²) < 4.78 is 18.3. The normalized spacial score (nSPS) is 10.2. The molecule has 0 radical (unpaired) electrons. The van der Waals surface area contributed by atoms with Gasteiger partial charge in [0.25, 0.3) is 5.91 Å². The van der Waals surface area contributed by atoms with E-state index in [1.807, 2.05) is 6.92 Å². The minimum Gasteiger partial charge on any atom is -0.459 e. The maximum Gasteiger partial charge on any atom is 0.287 e. The van der Waals surface area contributed by atoms with Gasteiger partial charge in [-0.05, 0) is 24.6 Å². The Kier molecular flexibility index (Phi) is 3.23. The molecule has 0 aliphatic carbocycles. The topological polar surface area (TPSA) is 42.2 Å². The average molecular weight is 233 g/mol. The van der Waals surface area contributed by atoms with Crippen molar-refractivity contribution in [1.82, 2.24) is 5.32 Å². The second kappa shape index (κ2) is 4.82. The van der Waals surface area contributed by atoms with Crippen molar-refractivity contribution >= 4 is 5.91 Å². The van der Waals surface area contributed by atoms with Crippen LogP contribution in [0.1, 0.15) is 21.7 Å². The molecule has 3 nitrogen and oxygen atoms in total. The van der Waals surface area contributed by atoms with Crippen LogP contribution in [0.3, 0.4) is 0 Å². The molecule has 17 heavy (non-hydrogen) atoms. The predicted octanol–water partition coefficient (Wildman–Crippen LogP) is 2.66. The second-order valence-electron chi connectivity index (χ2n) is 3.76. The molecule has 0 spiro atoms. The maximum absolute atomic E-state index is 13.3. The zero-order chi connectivity index (χ0) is 12.3. The van der Waals surface area contributed by atoms with Crippen LogP contribution in [0.5, 0.6) is 0 Å². The number of furan rings is 1. The van der Waals surface area contributed by atoms with Gasteiger partial charge in [-0.3, -0.25) is 4.79 Å². The fourth-order valence-corrected chi connectivity index (χ4v) is 1.45. The Morgan fingerprint density at radius 1 is 1.41 bits per heavy atom. The van der Waals surface area contributed by atoms with Gasteiger partial charge in [0.15, 0.2) is 5.76 Å². The molecule has 0 saturated heterocycles. The lowest BCUT2D eigenvalue weighted by Crippen LogP contribution is -2.22. The van der Waals surface area contributed by atoms with Crippen molar-refractivity contribution in [3.05, 3.63) is 59.3 Å². The van der Waals surface area contributed by atoms with Crippen LogP contribution in [0.15, 0.2) is 41.0 Å². The highest BCUT2D eigenvalue weighted by atomic mass is 19.1. The fourth-order valence-electron chi connectivity index (χ4n) is 1.45. The molecule has 0 atom stereocenters. The van der Waals surface area contributed by atoms with Crippen LogP contribution in [-0.2, 0) is 6.54 Å². The minimum atomic E-state index is -0.346. The van der Waals surface area contributed by atoms with Crippen molar-refractivity contribution in [2.75, 3.05) is 0 Å². The van der Waals surface area contributed by atoms with E-state index >= 15 is 0 Å². The van der Waals surface area contributed by atoms with Gasteiger partial charge in [-0.15, -0.1) is 0 Å². The maximum atomic E-state index is 13.3. The highest BCUT2D eigenvalue weighted by Gasteiger charge is 2.10. The Morgan fingerprint density at radius 3 is 2.82 bits per heavy atom. The number of hydrogen-bond donors (Lipinski definition) is 1. The second-order valence-corrected chi connectivity index (χ2v) is 3.76. The zero-order valence-electron chi connectivity index (χ0n) is 9.37. The molecule has 2 aromatic rings. The average Bonchev–Trinajstić information content (AvgIpc) is 2.74. The molecular weight excluding hydrogens is 221 g/mol. The number of carbonyl (C=O) groups excluding carboxylic acids is 1. The van der Waals surface area contributed by atoms with Gasteiger partial charge in [0.05, 0.1) is 6.26 Å². The van der Waals surface area contributed by atoms with Gasteiger partial charge in [0.2, 0.25) is 0 Å². The molecule has 2 rings (SSSR count). The van der Waals surface area contributed by atoms with Crippen LogP contribution < -0.4 is 5.32 Å². The van der Waals surface area contributed by atoms with Crippen molar-refractivity contribution < 1.29 is 13.6 Å². The van der Waals surface area contributed by atoms with Crippen molar-refractivity contribution in [3.63, 3.8) is 0 Å². The molecule has 0 aliphatic rings. The Balaban J connectivity index is 1.99. The number of amides is 1. The summed E-state index contributed by atoms with van der Waals surface area (Å²) in [5.41, 5.74) is 1.32. The van der Waals surface area contributed by atoms with Gasteiger partial charge in [-0.1, -0.05) is 18.2 Å². The zero-order valence-corrected chi connectivity index (χ0v) is 9.37. The lowest BCUT2D eigenvalue weighted by molar-refractivity contribution is 0.0923. The largest absolute Gasteiger partial charge is 0.459 e. The summed E-state index contributed by atoms with van der Waals surface area (Å²) in [4.78, 5) is 11.6. The van der Waals surface area contributed by atoms with Gasteiger partial charge in [0, 0.05) is 12.1 Å². The molecular formula is C13H12FNO2. The van der Waals surface area contributed by atoms with E-state index in [9.17, 15) is 9.18 Å². The van der Waals surface area contributed by atoms with Crippen LogP contribution in [0, 0.1) is 12.7 Å². The van der Waals surface area contributed by atoms with Crippen LogP contribution in [0.4, 0.5) is 4.39 Å². The smallest absolute Gasteiger partial charge is 0.287 e. The van der Waals surface area contributed by atoms with Crippen LogP contribution in [0.2, 0.25) is 0 Å². The SMILES string of the molecule is Cc1coc(C(=O)NCc2ccccc2F)c1. The first-order valence-electron chi connectivity index (χ1n) is 5.23. The molecule has 0 unspecified atom stereocenters. The highest BCUT2D eigenvalue weighted by molar-refractivity contribution is 5.91. The Morgan fingerprint density at radius 2 is 2.18 bits per heavy atom. The van der Waals surface area contributed by atoms with E-state index < -0.39 is 0 Å². The predicted molar refractivity (Wildman–Crippen MR) is 61.0 cm³/mol. The summed E-state index contributed by atoms with van der Waals surface area (Å²) in [6.45, 7) is 1.97. The number of halogens is 1. The fraction of sp³-hybridized carbons (Fsp3) is 0.154. The number of aryl methyl sites for hydroxylation is 1. The summed E-state index contributed by atoms with van der Waals surface area (Å²) in [5.74, 6) is -0.441. The Hall–Kier alpha value is -2.10. The quantitative estimate of drug-likeness (QED) is 0.885. The molecule has 1 aromatic heterocycles. The van der Waals surface area contributed by atoms with Crippen molar-refractivity contribution in [2.24, 2.45) is 0 Å². The van der Waals surface area contributed by atoms with Crippen molar-refractivity contribution in [2.45, 2.75) is 13.5 Å². The summed E-state index contributed by atoms with van der Waals surface area (Å²) >= 11 is 0. The molecule has 1 aromatic carbocycles. The monoisotopic (exact) mass is 233 g/mol. The molecule has 0 fully saturated rings. The minimum absolute atomic E-state index is 0.144. The third-order valence-electron chi connectivity index (χ3n) is 2.35. The van der Waals surface area contributed by atoms with Gasteiger partial charge >= 0.3 is 0 Å². The third-order valence-corrected chi connectivity index (χ3v) is 2.35. The molecule has 88 valence electrons. The molecule has 1 N–H and O–H groups in total. The van der Waals surface area contributed by atoms with E-state index in [1.54, 1.807) is 24.3 Å². The van der Waals surface area contributed by atoms with E-state index in [1.165, 1.54) is 12.3 Å². The number of carbonyl (C=O) groups is 1. The summed E-state index contributed by atoms with van der Waals surface area (Å²) in [6.07, 6.45) is 1.50. The van der Waals surface area contributed by atoms with E-state index in [2.05, 4.69) is 5.32 Å². The molecule has 0 bridgehead atoms. The van der Waals surface area contributed by atoms with Gasteiger partial charge in [-0.2, -0.15) is 0 Å². The number of rotatable bonds is 3. The first-order valence-corrected chi connectivity index (χ1v) is 5.23. The summed E-state index contributed by atoms with van der Waals surface area (Å²) in [5, 5.41) is 2.60. The van der Waals surface area contributed by atoms with Gasteiger partial charge in [0.1, 0.15) is 5.82 Å². The molecule has 1 amide bonds. The van der Waals surface area contributed by atoms with Crippen LogP contribution in [0.25, 0.3) is 0 Å². The molecule has 1 heterocycles. The van der Waals surface area contributed by atoms with Crippen LogP contribution in [-0.4, -0.2) is 5.91 Å². The molecule has 0 saturated carbocycles. The number of hydrogen-bond acceptors (Lipinski definition) is 2. The van der Waals surface area contributed by atoms with Crippen molar-refractivity contribution in [1.29, 1.82) is 0 Å². The summed E-state index contributed by atoms with van der Waals surface area (Å²) in [7, 11) is 0. The van der Waals surface area contributed by atoms with E-state index in [-0.39, 0.29) is 24.0 Å². The number of nitrogens with one attached hydrogen (secondary N) is 1. The first kappa shape index (κ1) is 11.4. The van der Waals surface area contributed by atoms with Crippen molar-refractivity contribution in [3.8, 4) is 0 Å². The lowest BCUT2D eigenvalue weighted by Gasteiger charge is -2.04. The highest BCUT2D eigenvalue weighted by Crippen LogP contribution is 2.08.